The monoisotopic (exact) mass is 288 g/mol. The van der Waals surface area contributed by atoms with Gasteiger partial charge in [0.05, 0.1) is 17.8 Å². The van der Waals surface area contributed by atoms with Gasteiger partial charge in [-0.3, -0.25) is 4.79 Å². The number of fused-ring (bicyclic) bond motifs is 1. The number of anilines is 1. The van der Waals surface area contributed by atoms with Crippen LogP contribution in [0, 0.1) is 6.92 Å². The van der Waals surface area contributed by atoms with E-state index in [1.807, 2.05) is 39.0 Å². The molecule has 1 heterocycles. The second-order valence-electron chi connectivity index (χ2n) is 5.22. The molecule has 0 amide bonds. The molecule has 5 heteroatoms. The molecular weight excluding hydrogens is 268 g/mol. The highest BCUT2D eigenvalue weighted by atomic mass is 16.5. The summed E-state index contributed by atoms with van der Waals surface area (Å²) >= 11 is 0. The van der Waals surface area contributed by atoms with Gasteiger partial charge in [0.15, 0.2) is 0 Å². The van der Waals surface area contributed by atoms with E-state index in [9.17, 15) is 9.59 Å². The van der Waals surface area contributed by atoms with E-state index >= 15 is 0 Å². The molecule has 5 nitrogen and oxygen atoms in total. The number of hydrogen-bond acceptors (Lipinski definition) is 4. The van der Waals surface area contributed by atoms with Gasteiger partial charge >= 0.3 is 5.97 Å². The van der Waals surface area contributed by atoms with Crippen molar-refractivity contribution in [3.8, 4) is 0 Å². The van der Waals surface area contributed by atoms with Gasteiger partial charge in [-0.1, -0.05) is 18.2 Å². The molecular formula is C16H20N2O3. The second kappa shape index (κ2) is 5.99. The molecule has 0 spiro atoms. The number of aryl methyl sites for hydroxylation is 1. The van der Waals surface area contributed by atoms with Gasteiger partial charge in [0.2, 0.25) is 0 Å². The van der Waals surface area contributed by atoms with E-state index < -0.39 is 11.5 Å². The van der Waals surface area contributed by atoms with E-state index in [1.165, 1.54) is 0 Å². The van der Waals surface area contributed by atoms with Crippen LogP contribution in [0.1, 0.15) is 36.7 Å². The molecule has 2 rings (SSSR count). The molecule has 2 N–H and O–H groups in total. The number of aromatic nitrogens is 1. The Balaban J connectivity index is 2.80. The molecule has 112 valence electrons. The number of para-hydroxylation sites is 1. The third-order valence-electron chi connectivity index (χ3n) is 3.17. The quantitative estimate of drug-likeness (QED) is 0.849. The lowest BCUT2D eigenvalue weighted by Crippen LogP contribution is -2.25. The summed E-state index contributed by atoms with van der Waals surface area (Å²) in [4.78, 5) is 27.2. The number of ether oxygens (including phenoxy) is 1. The SMILES string of the molecule is CCOC(=O)c1c(NC(C)C)c2cccc(C)c2[nH]c1=O. The zero-order valence-electron chi connectivity index (χ0n) is 12.7. The van der Waals surface area contributed by atoms with Crippen LogP contribution < -0.4 is 10.9 Å². The minimum absolute atomic E-state index is 0.0312. The fourth-order valence-corrected chi connectivity index (χ4v) is 2.30. The van der Waals surface area contributed by atoms with Crippen LogP contribution in [0.15, 0.2) is 23.0 Å². The number of benzene rings is 1. The van der Waals surface area contributed by atoms with E-state index in [0.717, 1.165) is 16.5 Å². The van der Waals surface area contributed by atoms with Crippen LogP contribution in [0.4, 0.5) is 5.69 Å². The fourth-order valence-electron chi connectivity index (χ4n) is 2.30. The van der Waals surface area contributed by atoms with Crippen molar-refractivity contribution >= 4 is 22.6 Å². The molecule has 0 saturated carbocycles. The summed E-state index contributed by atoms with van der Waals surface area (Å²) in [5, 5.41) is 4.01. The van der Waals surface area contributed by atoms with Crippen LogP contribution in [0.25, 0.3) is 10.9 Å². The molecule has 0 bridgehead atoms. The zero-order valence-corrected chi connectivity index (χ0v) is 12.7. The fraction of sp³-hybridized carbons (Fsp3) is 0.375. The number of H-pyrrole nitrogens is 1. The van der Waals surface area contributed by atoms with E-state index in [4.69, 9.17) is 4.74 Å². The van der Waals surface area contributed by atoms with Crippen LogP contribution in [0.5, 0.6) is 0 Å². The minimum Gasteiger partial charge on any atom is -0.462 e. The molecule has 0 saturated heterocycles. The number of aromatic amines is 1. The topological polar surface area (TPSA) is 71.2 Å². The lowest BCUT2D eigenvalue weighted by molar-refractivity contribution is 0.0525. The Morgan fingerprint density at radius 2 is 2.10 bits per heavy atom. The highest BCUT2D eigenvalue weighted by Crippen LogP contribution is 2.26. The third-order valence-corrected chi connectivity index (χ3v) is 3.17. The van der Waals surface area contributed by atoms with Crippen LogP contribution in [0.3, 0.4) is 0 Å². The summed E-state index contributed by atoms with van der Waals surface area (Å²) in [7, 11) is 0. The Kier molecular flexibility index (Phi) is 4.31. The van der Waals surface area contributed by atoms with Gasteiger partial charge in [-0.2, -0.15) is 0 Å². The van der Waals surface area contributed by atoms with Crippen molar-refractivity contribution in [3.05, 3.63) is 39.7 Å². The zero-order chi connectivity index (χ0) is 15.6. The molecule has 1 aromatic heterocycles. The first-order valence-electron chi connectivity index (χ1n) is 7.05. The maximum absolute atomic E-state index is 12.3. The van der Waals surface area contributed by atoms with E-state index in [0.29, 0.717) is 5.69 Å². The predicted octanol–water partition coefficient (Wildman–Crippen LogP) is 2.83. The van der Waals surface area contributed by atoms with Crippen molar-refractivity contribution in [1.29, 1.82) is 0 Å². The van der Waals surface area contributed by atoms with Crippen LogP contribution >= 0.6 is 0 Å². The summed E-state index contributed by atoms with van der Waals surface area (Å²) in [5.41, 5.74) is 1.82. The summed E-state index contributed by atoms with van der Waals surface area (Å²) < 4.78 is 5.01. The van der Waals surface area contributed by atoms with E-state index in [-0.39, 0.29) is 18.2 Å². The Labute approximate surface area is 123 Å². The van der Waals surface area contributed by atoms with Gasteiger partial charge in [-0.25, -0.2) is 4.79 Å². The molecule has 0 atom stereocenters. The molecule has 0 unspecified atom stereocenters. The largest absolute Gasteiger partial charge is 0.462 e. The highest BCUT2D eigenvalue weighted by molar-refractivity contribution is 6.05. The van der Waals surface area contributed by atoms with Crippen LogP contribution in [-0.2, 0) is 4.74 Å². The molecule has 0 aliphatic carbocycles. The van der Waals surface area contributed by atoms with Crippen molar-refractivity contribution in [2.24, 2.45) is 0 Å². The van der Waals surface area contributed by atoms with Crippen molar-refractivity contribution < 1.29 is 9.53 Å². The van der Waals surface area contributed by atoms with Gasteiger partial charge in [0.25, 0.3) is 5.56 Å². The van der Waals surface area contributed by atoms with Crippen molar-refractivity contribution in [2.45, 2.75) is 33.7 Å². The highest BCUT2D eigenvalue weighted by Gasteiger charge is 2.21. The number of nitrogens with one attached hydrogen (secondary N) is 2. The van der Waals surface area contributed by atoms with Gasteiger partial charge < -0.3 is 15.0 Å². The number of carbonyl (C=O) groups excluding carboxylic acids is 1. The van der Waals surface area contributed by atoms with Gasteiger partial charge in [0, 0.05) is 11.4 Å². The van der Waals surface area contributed by atoms with Gasteiger partial charge in [-0.15, -0.1) is 0 Å². The minimum atomic E-state index is -0.606. The molecule has 21 heavy (non-hydrogen) atoms. The lowest BCUT2D eigenvalue weighted by Gasteiger charge is -2.17. The Hall–Kier alpha value is -2.30. The maximum Gasteiger partial charge on any atom is 0.345 e. The molecule has 1 aromatic carbocycles. The summed E-state index contributed by atoms with van der Waals surface area (Å²) in [6.45, 7) is 7.77. The number of carbonyl (C=O) groups is 1. The number of pyridine rings is 1. The van der Waals surface area contributed by atoms with Crippen molar-refractivity contribution in [3.63, 3.8) is 0 Å². The average Bonchev–Trinajstić information content (AvgIpc) is 2.39. The lowest BCUT2D eigenvalue weighted by atomic mass is 10.1. The summed E-state index contributed by atoms with van der Waals surface area (Å²) in [6.07, 6.45) is 0. The maximum atomic E-state index is 12.3. The Morgan fingerprint density at radius 3 is 2.71 bits per heavy atom. The van der Waals surface area contributed by atoms with Crippen molar-refractivity contribution in [2.75, 3.05) is 11.9 Å². The average molecular weight is 288 g/mol. The number of esters is 1. The third kappa shape index (κ3) is 2.91. The second-order valence-corrected chi connectivity index (χ2v) is 5.22. The first-order chi connectivity index (χ1) is 9.95. The Morgan fingerprint density at radius 1 is 1.38 bits per heavy atom. The first kappa shape index (κ1) is 15.1. The molecule has 2 aromatic rings. The molecule has 0 radical (unpaired) electrons. The van der Waals surface area contributed by atoms with Crippen LogP contribution in [0.2, 0.25) is 0 Å². The number of hydrogen-bond donors (Lipinski definition) is 2. The van der Waals surface area contributed by atoms with E-state index in [2.05, 4.69) is 10.3 Å². The predicted molar refractivity (Wildman–Crippen MR) is 84.0 cm³/mol. The molecule has 0 fully saturated rings. The summed E-state index contributed by atoms with van der Waals surface area (Å²) in [6, 6.07) is 5.78. The molecule has 0 aliphatic heterocycles. The smallest absolute Gasteiger partial charge is 0.345 e. The normalized spacial score (nSPS) is 10.9. The number of rotatable bonds is 4. The Bertz CT molecular complexity index is 732. The summed E-state index contributed by atoms with van der Waals surface area (Å²) in [5.74, 6) is -0.606. The standard InChI is InChI=1S/C16H20N2O3/c1-5-21-16(20)12-14(17-9(2)3)11-8-6-7-10(4)13(11)18-15(12)19/h6-9H,5H2,1-4H3,(H2,17,18,19). The van der Waals surface area contributed by atoms with Gasteiger partial charge in [0.1, 0.15) is 5.56 Å². The first-order valence-corrected chi connectivity index (χ1v) is 7.05. The van der Waals surface area contributed by atoms with Gasteiger partial charge in [-0.05, 0) is 33.3 Å². The molecule has 0 aliphatic rings. The van der Waals surface area contributed by atoms with Crippen LogP contribution in [-0.4, -0.2) is 23.6 Å². The van der Waals surface area contributed by atoms with Crippen molar-refractivity contribution in [1.82, 2.24) is 4.98 Å². The van der Waals surface area contributed by atoms with E-state index in [1.54, 1.807) is 6.92 Å².